The van der Waals surface area contributed by atoms with Gasteiger partial charge in [0.05, 0.1) is 45.6 Å². The Morgan fingerprint density at radius 3 is 2.26 bits per heavy atom. The number of carboxylic acids is 1. The summed E-state index contributed by atoms with van der Waals surface area (Å²) in [5.74, 6) is 0.350. The van der Waals surface area contributed by atoms with Crippen LogP contribution in [0.1, 0.15) is 86.1 Å². The number of carbonyl (C=O) groups is 2. The molecule has 4 rings (SSSR count). The number of benzene rings is 2. The Hall–Kier alpha value is -4.99. The molecule has 0 fully saturated rings. The first kappa shape index (κ1) is 41.8. The van der Waals surface area contributed by atoms with Crippen LogP contribution >= 0.6 is 0 Å². The Morgan fingerprint density at radius 2 is 1.56 bits per heavy atom. The summed E-state index contributed by atoms with van der Waals surface area (Å²) in [5.41, 5.74) is 2.16. The van der Waals surface area contributed by atoms with Gasteiger partial charge >= 0.3 is 5.97 Å². The van der Waals surface area contributed by atoms with Crippen LogP contribution in [0, 0.1) is 5.82 Å². The highest BCUT2D eigenvalue weighted by atomic mass is 19.1. The predicted molar refractivity (Wildman–Crippen MR) is 201 cm³/mol. The van der Waals surface area contributed by atoms with Gasteiger partial charge in [0.2, 0.25) is 0 Å². The fourth-order valence-electron chi connectivity index (χ4n) is 5.46. The second kappa shape index (κ2) is 23.6. The summed E-state index contributed by atoms with van der Waals surface area (Å²) < 4.78 is 39.2. The molecule has 0 bridgehead atoms. The largest absolute Gasteiger partial charge is 0.494 e. The smallest absolute Gasteiger partial charge is 0.303 e. The Labute approximate surface area is 315 Å². The molecule has 2 aromatic heterocycles. The summed E-state index contributed by atoms with van der Waals surface area (Å²) in [4.78, 5) is 31.8. The van der Waals surface area contributed by atoms with Crippen LogP contribution in [0.5, 0.6) is 5.75 Å². The number of hydrogen-bond acceptors (Lipinski definition) is 11. The maximum atomic E-state index is 14.8. The van der Waals surface area contributed by atoms with E-state index in [1.165, 1.54) is 12.4 Å². The molecule has 15 heteroatoms. The maximum absolute atomic E-state index is 14.8. The van der Waals surface area contributed by atoms with Crippen LogP contribution in [-0.2, 0) is 32.6 Å². The van der Waals surface area contributed by atoms with Gasteiger partial charge in [0.25, 0.3) is 5.91 Å². The topological polar surface area (TPSA) is 172 Å². The molecule has 0 unspecified atom stereocenters. The van der Waals surface area contributed by atoms with Crippen molar-refractivity contribution >= 4 is 17.6 Å². The zero-order chi connectivity index (χ0) is 38.4. The zero-order valence-electron chi connectivity index (χ0n) is 31.2. The third-order valence-electron chi connectivity index (χ3n) is 8.51. The number of aliphatic carboxylic acids is 1. The number of carboxylic acid groups (broad SMARTS) is 1. The second-order valence-electron chi connectivity index (χ2n) is 12.7. The molecule has 4 aromatic rings. The number of rotatable bonds is 27. The number of ether oxygens (including phenoxy) is 4. The van der Waals surface area contributed by atoms with Crippen molar-refractivity contribution < 1.29 is 38.0 Å². The second-order valence-corrected chi connectivity index (χ2v) is 12.7. The van der Waals surface area contributed by atoms with Gasteiger partial charge in [-0.3, -0.25) is 9.59 Å². The van der Waals surface area contributed by atoms with E-state index >= 15 is 0 Å². The zero-order valence-corrected chi connectivity index (χ0v) is 31.2. The van der Waals surface area contributed by atoms with E-state index in [9.17, 15) is 14.0 Å². The monoisotopic (exact) mass is 749 g/mol. The van der Waals surface area contributed by atoms with Gasteiger partial charge < -0.3 is 39.3 Å². The molecule has 292 valence electrons. The van der Waals surface area contributed by atoms with E-state index in [-0.39, 0.29) is 12.3 Å². The highest BCUT2D eigenvalue weighted by Gasteiger charge is 2.17. The predicted octanol–water partition coefficient (Wildman–Crippen LogP) is 6.15. The number of anilines is 1. The van der Waals surface area contributed by atoms with Crippen molar-refractivity contribution in [2.75, 3.05) is 51.6 Å². The van der Waals surface area contributed by atoms with Crippen molar-refractivity contribution in [3.05, 3.63) is 83.8 Å². The van der Waals surface area contributed by atoms with Gasteiger partial charge in [-0.2, -0.15) is 0 Å². The Morgan fingerprint density at radius 1 is 0.852 bits per heavy atom. The first-order valence-electron chi connectivity index (χ1n) is 18.5. The molecule has 2 heterocycles. The van der Waals surface area contributed by atoms with E-state index in [1.54, 1.807) is 49.5 Å². The van der Waals surface area contributed by atoms with Crippen molar-refractivity contribution in [2.45, 2.75) is 70.9 Å². The lowest BCUT2D eigenvalue weighted by Gasteiger charge is -2.17. The van der Waals surface area contributed by atoms with Crippen LogP contribution in [0.2, 0.25) is 0 Å². The lowest BCUT2D eigenvalue weighted by Crippen LogP contribution is -2.27. The summed E-state index contributed by atoms with van der Waals surface area (Å²) in [5, 5.41) is 23.3. The minimum atomic E-state index is -0.757. The average Bonchev–Trinajstić information content (AvgIpc) is 3.55. The summed E-state index contributed by atoms with van der Waals surface area (Å²) in [6.45, 7) is 5.98. The van der Waals surface area contributed by atoms with Gasteiger partial charge in [-0.25, -0.2) is 14.4 Å². The molecule has 54 heavy (non-hydrogen) atoms. The maximum Gasteiger partial charge on any atom is 0.303 e. The van der Waals surface area contributed by atoms with Crippen molar-refractivity contribution in [1.82, 2.24) is 30.0 Å². The number of unbranched alkanes of at least 4 members (excludes halogenated alkanes) is 5. The van der Waals surface area contributed by atoms with Gasteiger partial charge in [-0.05, 0) is 81.5 Å². The van der Waals surface area contributed by atoms with Crippen molar-refractivity contribution in [2.24, 2.45) is 7.05 Å². The molecule has 14 nitrogen and oxygen atoms in total. The first-order valence-corrected chi connectivity index (χ1v) is 18.5. The van der Waals surface area contributed by atoms with E-state index in [1.807, 2.05) is 17.7 Å². The number of halogens is 1. The van der Waals surface area contributed by atoms with Gasteiger partial charge in [0, 0.05) is 49.7 Å². The minimum Gasteiger partial charge on any atom is -0.494 e. The molecule has 0 spiro atoms. The fourth-order valence-corrected chi connectivity index (χ4v) is 5.46. The fraction of sp³-hybridized carbons (Fsp3) is 0.487. The molecule has 3 N–H and O–H groups in total. The van der Waals surface area contributed by atoms with Crippen molar-refractivity contribution in [3.63, 3.8) is 0 Å². The summed E-state index contributed by atoms with van der Waals surface area (Å²) in [6, 6.07) is 12.8. The molecule has 0 aliphatic rings. The van der Waals surface area contributed by atoms with Crippen LogP contribution in [0.4, 0.5) is 10.1 Å². The molecule has 0 saturated carbocycles. The third kappa shape index (κ3) is 14.8. The number of nitrogens with one attached hydrogen (secondary N) is 2. The normalized spacial score (nSPS) is 11.7. The van der Waals surface area contributed by atoms with E-state index in [2.05, 4.69) is 30.8 Å². The van der Waals surface area contributed by atoms with Crippen molar-refractivity contribution in [1.29, 1.82) is 0 Å². The van der Waals surface area contributed by atoms with Crippen LogP contribution in [-0.4, -0.2) is 88.0 Å². The van der Waals surface area contributed by atoms with E-state index in [0.717, 1.165) is 44.2 Å². The Balaban J connectivity index is 1.07. The van der Waals surface area contributed by atoms with Gasteiger partial charge in [-0.1, -0.05) is 18.9 Å². The van der Waals surface area contributed by atoms with Gasteiger partial charge in [0.15, 0.2) is 11.6 Å². The van der Waals surface area contributed by atoms with Crippen LogP contribution in [0.15, 0.2) is 61.1 Å². The lowest BCUT2D eigenvalue weighted by molar-refractivity contribution is -0.137. The summed E-state index contributed by atoms with van der Waals surface area (Å²) >= 11 is 0. The number of hydrogen-bond donors (Lipinski definition) is 3. The number of carbonyl (C=O) groups excluding carboxylic acids is 1. The van der Waals surface area contributed by atoms with Gasteiger partial charge in [0.1, 0.15) is 23.6 Å². The molecule has 2 aromatic carbocycles. The quantitative estimate of drug-likeness (QED) is 0.0595. The molecular weight excluding hydrogens is 697 g/mol. The number of nitrogens with zero attached hydrogens (tertiary/aromatic N) is 5. The highest BCUT2D eigenvalue weighted by Crippen LogP contribution is 2.24. The SMILES string of the molecule is C[C@@H](NC(=O)c1cccc(NCc2nnc(-c3ccncn3)n2C)c1)c1cc(OCCCCCCOCCOCCOCCCCCC(=O)O)ccc1F. The summed E-state index contributed by atoms with van der Waals surface area (Å²) in [7, 11) is 1.86. The molecule has 1 amide bonds. The molecule has 0 radical (unpaired) electrons. The molecule has 0 aliphatic heterocycles. The van der Waals surface area contributed by atoms with Crippen LogP contribution in [0.25, 0.3) is 11.5 Å². The molecule has 0 saturated heterocycles. The Bertz CT molecular complexity index is 1710. The standard InChI is InChI=1S/C39H52FN7O7/c1-29(44-39(50)30-11-10-12-31(25-30)42-27-36-45-46-38(47(36)2)35-16-17-41-28-43-35)33-26-32(14-15-34(33)40)54-20-9-4-3-7-18-51-21-23-53-24-22-52-19-8-5-6-13-37(48)49/h10-12,14-17,25-26,28-29,42H,3-9,13,18-24,27H2,1-2H3,(H,44,50)(H,48,49)/t29-/m1/s1. The van der Waals surface area contributed by atoms with Crippen LogP contribution in [0.3, 0.4) is 0 Å². The minimum absolute atomic E-state index is 0.209. The Kier molecular flexibility index (Phi) is 18.3. The highest BCUT2D eigenvalue weighted by molar-refractivity contribution is 5.95. The lowest BCUT2D eigenvalue weighted by atomic mass is 10.1. The number of amides is 1. The van der Waals surface area contributed by atoms with E-state index in [0.29, 0.717) is 93.4 Å². The first-order chi connectivity index (χ1) is 26.3. The summed E-state index contributed by atoms with van der Waals surface area (Å²) in [6.07, 6.45) is 9.48. The third-order valence-corrected chi connectivity index (χ3v) is 8.51. The van der Waals surface area contributed by atoms with E-state index in [4.69, 9.17) is 24.1 Å². The van der Waals surface area contributed by atoms with Crippen LogP contribution < -0.4 is 15.4 Å². The molecule has 0 aliphatic carbocycles. The van der Waals surface area contributed by atoms with E-state index < -0.39 is 17.8 Å². The molecular formula is C39H52FN7O7. The molecule has 1 atom stereocenters. The van der Waals surface area contributed by atoms with Gasteiger partial charge in [-0.15, -0.1) is 10.2 Å². The average molecular weight is 750 g/mol. The van der Waals surface area contributed by atoms with Crippen molar-refractivity contribution in [3.8, 4) is 17.3 Å². The number of aromatic nitrogens is 5.